The number of hydrogen-bond acceptors (Lipinski definition) is 2. The molecule has 1 nitrogen and oxygen atoms in total. The lowest BCUT2D eigenvalue weighted by Gasteiger charge is -2.15. The molecule has 0 aliphatic rings. The summed E-state index contributed by atoms with van der Waals surface area (Å²) in [5.41, 5.74) is 1.20. The summed E-state index contributed by atoms with van der Waals surface area (Å²) >= 11 is 14.6. The zero-order valence-corrected chi connectivity index (χ0v) is 13.8. The Labute approximate surface area is 126 Å². The number of thiophene rings is 1. The van der Waals surface area contributed by atoms with Crippen LogP contribution >= 0.6 is 54.8 Å². The van der Waals surface area contributed by atoms with E-state index in [1.165, 1.54) is 10.4 Å². The van der Waals surface area contributed by atoms with E-state index in [4.69, 9.17) is 11.6 Å². The fraction of sp³-hybridized carbons (Fsp3) is 0.167. The summed E-state index contributed by atoms with van der Waals surface area (Å²) in [5.74, 6) is 0. The van der Waals surface area contributed by atoms with Crippen molar-refractivity contribution in [3.8, 4) is 0 Å². The molecule has 5 heteroatoms. The molecule has 1 atom stereocenters. The van der Waals surface area contributed by atoms with E-state index in [2.05, 4.69) is 55.4 Å². The lowest BCUT2D eigenvalue weighted by atomic mass is 10.1. The topological polar surface area (TPSA) is 12.0 Å². The Bertz CT molecular complexity index is 507. The van der Waals surface area contributed by atoms with Gasteiger partial charge in [-0.25, -0.2) is 0 Å². The van der Waals surface area contributed by atoms with Gasteiger partial charge in [0.2, 0.25) is 0 Å². The highest BCUT2D eigenvalue weighted by Crippen LogP contribution is 2.33. The van der Waals surface area contributed by atoms with Gasteiger partial charge in [0.15, 0.2) is 0 Å². The average Bonchev–Trinajstić information content (AvgIpc) is 2.64. The number of hydrogen-bond donors (Lipinski definition) is 1. The highest BCUT2D eigenvalue weighted by molar-refractivity contribution is 9.11. The first-order chi connectivity index (χ1) is 8.10. The van der Waals surface area contributed by atoms with Crippen LogP contribution in [0.1, 0.15) is 16.5 Å². The SMILES string of the molecule is CNC(c1cc(Br)cc(Br)c1)c1ccc(Cl)s1. The Morgan fingerprint density at radius 3 is 2.29 bits per heavy atom. The normalized spacial score (nSPS) is 12.7. The van der Waals surface area contributed by atoms with Crippen molar-refractivity contribution in [2.24, 2.45) is 0 Å². The largest absolute Gasteiger partial charge is 0.309 e. The van der Waals surface area contributed by atoms with Gasteiger partial charge in [-0.15, -0.1) is 11.3 Å². The Morgan fingerprint density at radius 1 is 1.18 bits per heavy atom. The molecule has 0 saturated heterocycles. The smallest absolute Gasteiger partial charge is 0.0931 e. The van der Waals surface area contributed by atoms with E-state index in [1.54, 1.807) is 11.3 Å². The minimum atomic E-state index is 0.168. The summed E-state index contributed by atoms with van der Waals surface area (Å²) in [4.78, 5) is 1.21. The van der Waals surface area contributed by atoms with Crippen molar-refractivity contribution in [2.75, 3.05) is 7.05 Å². The molecule has 0 fully saturated rings. The number of nitrogens with one attached hydrogen (secondary N) is 1. The van der Waals surface area contributed by atoms with E-state index >= 15 is 0 Å². The molecule has 90 valence electrons. The second kappa shape index (κ2) is 5.85. The maximum Gasteiger partial charge on any atom is 0.0931 e. The quantitative estimate of drug-likeness (QED) is 0.750. The van der Waals surface area contributed by atoms with E-state index < -0.39 is 0 Å². The molecule has 2 rings (SSSR count). The standard InChI is InChI=1S/C12H10Br2ClNS/c1-16-12(10-2-3-11(15)17-10)7-4-8(13)6-9(14)5-7/h2-6,12,16H,1H3. The molecule has 0 amide bonds. The van der Waals surface area contributed by atoms with E-state index in [9.17, 15) is 0 Å². The van der Waals surface area contributed by atoms with Crippen molar-refractivity contribution in [3.63, 3.8) is 0 Å². The number of halogens is 3. The molecular formula is C12H10Br2ClNS. The fourth-order valence-corrected chi connectivity index (χ4v) is 4.23. The molecule has 2 aromatic rings. The maximum absolute atomic E-state index is 5.98. The van der Waals surface area contributed by atoms with Gasteiger partial charge in [0.1, 0.15) is 0 Å². The van der Waals surface area contributed by atoms with E-state index in [1.807, 2.05) is 19.2 Å². The molecule has 0 bridgehead atoms. The lowest BCUT2D eigenvalue weighted by Crippen LogP contribution is -2.16. The van der Waals surface area contributed by atoms with E-state index in [0.29, 0.717) is 0 Å². The summed E-state index contributed by atoms with van der Waals surface area (Å²) in [5, 5.41) is 3.31. The van der Waals surface area contributed by atoms with Crippen LogP contribution in [-0.4, -0.2) is 7.05 Å². The second-order valence-electron chi connectivity index (χ2n) is 3.57. The van der Waals surface area contributed by atoms with Gasteiger partial charge in [-0.2, -0.15) is 0 Å². The molecule has 1 unspecified atom stereocenters. The Hall–Kier alpha value is 0.130. The minimum Gasteiger partial charge on any atom is -0.309 e. The highest BCUT2D eigenvalue weighted by Gasteiger charge is 2.15. The summed E-state index contributed by atoms with van der Waals surface area (Å²) in [6.07, 6.45) is 0. The summed E-state index contributed by atoms with van der Waals surface area (Å²) in [6.45, 7) is 0. The van der Waals surface area contributed by atoms with E-state index in [0.717, 1.165) is 13.3 Å². The van der Waals surface area contributed by atoms with Crippen LogP contribution in [0.15, 0.2) is 39.3 Å². The fourth-order valence-electron chi connectivity index (χ4n) is 1.70. The summed E-state index contributed by atoms with van der Waals surface area (Å²) in [7, 11) is 1.95. The van der Waals surface area contributed by atoms with Crippen LogP contribution in [0.5, 0.6) is 0 Å². The van der Waals surface area contributed by atoms with Crippen molar-refractivity contribution >= 4 is 54.8 Å². The molecule has 17 heavy (non-hydrogen) atoms. The number of benzene rings is 1. The van der Waals surface area contributed by atoms with Crippen LogP contribution in [0.25, 0.3) is 0 Å². The lowest BCUT2D eigenvalue weighted by molar-refractivity contribution is 0.703. The Balaban J connectivity index is 2.41. The van der Waals surface area contributed by atoms with Crippen molar-refractivity contribution in [1.82, 2.24) is 5.32 Å². The molecule has 1 heterocycles. The summed E-state index contributed by atoms with van der Waals surface area (Å²) < 4.78 is 2.93. The van der Waals surface area contributed by atoms with Crippen LogP contribution in [0.4, 0.5) is 0 Å². The second-order valence-corrected chi connectivity index (χ2v) is 7.14. The highest BCUT2D eigenvalue weighted by atomic mass is 79.9. The first-order valence-corrected chi connectivity index (χ1v) is 7.76. The Morgan fingerprint density at radius 2 is 1.82 bits per heavy atom. The first-order valence-electron chi connectivity index (χ1n) is 4.98. The van der Waals surface area contributed by atoms with Gasteiger partial charge in [0.05, 0.1) is 10.4 Å². The molecule has 0 aliphatic carbocycles. The average molecular weight is 396 g/mol. The van der Waals surface area contributed by atoms with Gasteiger partial charge < -0.3 is 5.32 Å². The monoisotopic (exact) mass is 393 g/mol. The maximum atomic E-state index is 5.98. The molecule has 0 spiro atoms. The van der Waals surface area contributed by atoms with Gasteiger partial charge in [-0.05, 0) is 42.9 Å². The first kappa shape index (κ1) is 13.6. The van der Waals surface area contributed by atoms with Crippen LogP contribution in [0.3, 0.4) is 0 Å². The van der Waals surface area contributed by atoms with Crippen LogP contribution < -0.4 is 5.32 Å². The zero-order chi connectivity index (χ0) is 12.4. The third-order valence-electron chi connectivity index (χ3n) is 2.39. The minimum absolute atomic E-state index is 0.168. The van der Waals surface area contributed by atoms with Crippen molar-refractivity contribution in [1.29, 1.82) is 0 Å². The third-order valence-corrected chi connectivity index (χ3v) is 4.60. The van der Waals surface area contributed by atoms with Crippen LogP contribution in [-0.2, 0) is 0 Å². The third kappa shape index (κ3) is 3.32. The summed E-state index contributed by atoms with van der Waals surface area (Å²) in [6, 6.07) is 10.4. The van der Waals surface area contributed by atoms with Gasteiger partial charge in [0, 0.05) is 13.8 Å². The zero-order valence-electron chi connectivity index (χ0n) is 9.01. The van der Waals surface area contributed by atoms with Crippen molar-refractivity contribution < 1.29 is 0 Å². The Kier molecular flexibility index (Phi) is 4.66. The molecule has 1 N–H and O–H groups in total. The van der Waals surface area contributed by atoms with Crippen molar-refractivity contribution in [2.45, 2.75) is 6.04 Å². The predicted octanol–water partition coefficient (Wildman–Crippen LogP) is 5.24. The molecule has 0 saturated carbocycles. The van der Waals surface area contributed by atoms with Crippen molar-refractivity contribution in [3.05, 3.63) is 54.1 Å². The van der Waals surface area contributed by atoms with Gasteiger partial charge in [0.25, 0.3) is 0 Å². The van der Waals surface area contributed by atoms with Crippen LogP contribution in [0.2, 0.25) is 4.34 Å². The molecular weight excluding hydrogens is 385 g/mol. The van der Waals surface area contributed by atoms with Crippen LogP contribution in [0, 0.1) is 0 Å². The molecule has 0 radical (unpaired) electrons. The number of rotatable bonds is 3. The van der Waals surface area contributed by atoms with Gasteiger partial charge >= 0.3 is 0 Å². The molecule has 0 aliphatic heterocycles. The predicted molar refractivity (Wildman–Crippen MR) is 82.1 cm³/mol. The van der Waals surface area contributed by atoms with Gasteiger partial charge in [-0.3, -0.25) is 0 Å². The van der Waals surface area contributed by atoms with E-state index in [-0.39, 0.29) is 6.04 Å². The molecule has 1 aromatic heterocycles. The van der Waals surface area contributed by atoms with Gasteiger partial charge in [-0.1, -0.05) is 43.5 Å². The molecule has 1 aromatic carbocycles.